The van der Waals surface area contributed by atoms with E-state index < -0.39 is 5.97 Å². The number of benzene rings is 1. The summed E-state index contributed by atoms with van der Waals surface area (Å²) in [6.45, 7) is 1.24. The first-order valence-corrected chi connectivity index (χ1v) is 5.02. The maximum atomic E-state index is 10.8. The van der Waals surface area contributed by atoms with E-state index in [2.05, 4.69) is 0 Å². The van der Waals surface area contributed by atoms with Crippen molar-refractivity contribution in [2.75, 3.05) is 6.54 Å². The van der Waals surface area contributed by atoms with Gasteiger partial charge in [-0.15, -0.1) is 0 Å². The Bertz CT molecular complexity index is 457. The standard InChI is InChI=1S/C11H13N3O2/c12-11(13)14-4-3-7-1-2-8(10(15)16)5-9(7)6-14/h1-2,5H,3-4,6H2,(H3,12,13)(H,15,16). The van der Waals surface area contributed by atoms with Crippen LogP contribution in [0, 0.1) is 5.41 Å². The van der Waals surface area contributed by atoms with Crippen molar-refractivity contribution in [1.29, 1.82) is 5.41 Å². The van der Waals surface area contributed by atoms with Gasteiger partial charge in [0.25, 0.3) is 0 Å². The van der Waals surface area contributed by atoms with E-state index in [4.69, 9.17) is 16.2 Å². The largest absolute Gasteiger partial charge is 0.478 e. The van der Waals surface area contributed by atoms with E-state index in [-0.39, 0.29) is 11.5 Å². The predicted octanol–water partition coefficient (Wildman–Crippen LogP) is 0.636. The molecule has 0 atom stereocenters. The summed E-state index contributed by atoms with van der Waals surface area (Å²) in [5.74, 6) is -0.894. The van der Waals surface area contributed by atoms with Gasteiger partial charge in [0.2, 0.25) is 0 Å². The summed E-state index contributed by atoms with van der Waals surface area (Å²) in [5, 5.41) is 16.2. The molecule has 1 aliphatic heterocycles. The molecule has 2 rings (SSSR count). The summed E-state index contributed by atoms with van der Waals surface area (Å²) in [4.78, 5) is 12.6. The number of carbonyl (C=O) groups is 1. The molecule has 0 aromatic heterocycles. The lowest BCUT2D eigenvalue weighted by Crippen LogP contribution is -2.40. The highest BCUT2D eigenvalue weighted by Crippen LogP contribution is 2.20. The molecule has 1 aliphatic rings. The van der Waals surface area contributed by atoms with Gasteiger partial charge >= 0.3 is 5.97 Å². The van der Waals surface area contributed by atoms with E-state index in [0.717, 1.165) is 24.1 Å². The second-order valence-corrected chi connectivity index (χ2v) is 3.85. The number of carboxylic acids is 1. The minimum absolute atomic E-state index is 0.0337. The molecule has 0 spiro atoms. The summed E-state index contributed by atoms with van der Waals surface area (Å²) < 4.78 is 0. The minimum Gasteiger partial charge on any atom is -0.478 e. The lowest BCUT2D eigenvalue weighted by Gasteiger charge is -2.29. The van der Waals surface area contributed by atoms with Crippen molar-refractivity contribution in [2.24, 2.45) is 5.73 Å². The maximum Gasteiger partial charge on any atom is 0.335 e. The predicted molar refractivity (Wildman–Crippen MR) is 59.4 cm³/mol. The molecular formula is C11H13N3O2. The number of hydrogen-bond donors (Lipinski definition) is 3. The number of guanidine groups is 1. The van der Waals surface area contributed by atoms with Crippen LogP contribution < -0.4 is 5.73 Å². The topological polar surface area (TPSA) is 90.4 Å². The highest BCUT2D eigenvalue weighted by Gasteiger charge is 2.18. The fourth-order valence-corrected chi connectivity index (χ4v) is 1.90. The van der Waals surface area contributed by atoms with Crippen LogP contribution in [-0.2, 0) is 13.0 Å². The van der Waals surface area contributed by atoms with Crippen LogP contribution in [0.25, 0.3) is 0 Å². The Morgan fingerprint density at radius 3 is 2.81 bits per heavy atom. The smallest absolute Gasteiger partial charge is 0.335 e. The molecule has 1 heterocycles. The molecule has 0 bridgehead atoms. The quantitative estimate of drug-likeness (QED) is 0.477. The summed E-state index contributed by atoms with van der Waals surface area (Å²) in [5.41, 5.74) is 7.78. The Balaban J connectivity index is 2.32. The van der Waals surface area contributed by atoms with Gasteiger partial charge in [-0.3, -0.25) is 5.41 Å². The lowest BCUT2D eigenvalue weighted by atomic mass is 9.97. The summed E-state index contributed by atoms with van der Waals surface area (Å²) >= 11 is 0. The third-order valence-corrected chi connectivity index (χ3v) is 2.81. The maximum absolute atomic E-state index is 10.8. The Hall–Kier alpha value is -2.04. The monoisotopic (exact) mass is 219 g/mol. The molecule has 1 aromatic carbocycles. The van der Waals surface area contributed by atoms with E-state index in [9.17, 15) is 4.79 Å². The molecule has 0 saturated heterocycles. The molecule has 0 amide bonds. The third kappa shape index (κ3) is 1.84. The molecule has 5 nitrogen and oxygen atoms in total. The molecule has 16 heavy (non-hydrogen) atoms. The van der Waals surface area contributed by atoms with Crippen LogP contribution in [0.1, 0.15) is 21.5 Å². The number of nitrogens with two attached hydrogens (primary N) is 1. The molecule has 84 valence electrons. The number of rotatable bonds is 1. The number of hydrogen-bond acceptors (Lipinski definition) is 2. The second kappa shape index (κ2) is 3.84. The number of aromatic carboxylic acids is 1. The Morgan fingerprint density at radius 1 is 1.44 bits per heavy atom. The Labute approximate surface area is 93.0 Å². The van der Waals surface area contributed by atoms with Gasteiger partial charge in [0.05, 0.1) is 5.56 Å². The van der Waals surface area contributed by atoms with Crippen LogP contribution >= 0.6 is 0 Å². The Morgan fingerprint density at radius 2 is 2.19 bits per heavy atom. The molecule has 0 fully saturated rings. The second-order valence-electron chi connectivity index (χ2n) is 3.85. The fourth-order valence-electron chi connectivity index (χ4n) is 1.90. The average molecular weight is 219 g/mol. The fraction of sp³-hybridized carbons (Fsp3) is 0.273. The van der Waals surface area contributed by atoms with Gasteiger partial charge < -0.3 is 15.7 Å². The molecule has 0 radical (unpaired) electrons. The molecule has 4 N–H and O–H groups in total. The van der Waals surface area contributed by atoms with Crippen molar-refractivity contribution in [2.45, 2.75) is 13.0 Å². The summed E-state index contributed by atoms with van der Waals surface area (Å²) in [7, 11) is 0. The van der Waals surface area contributed by atoms with Gasteiger partial charge in [0.15, 0.2) is 5.96 Å². The zero-order chi connectivity index (χ0) is 11.7. The van der Waals surface area contributed by atoms with E-state index >= 15 is 0 Å². The van der Waals surface area contributed by atoms with Crippen molar-refractivity contribution >= 4 is 11.9 Å². The average Bonchev–Trinajstić information content (AvgIpc) is 2.27. The van der Waals surface area contributed by atoms with E-state index in [1.54, 1.807) is 17.0 Å². The van der Waals surface area contributed by atoms with Crippen molar-refractivity contribution in [3.63, 3.8) is 0 Å². The normalized spacial score (nSPS) is 14.4. The molecule has 0 saturated carbocycles. The van der Waals surface area contributed by atoms with Crippen molar-refractivity contribution < 1.29 is 9.90 Å². The number of carboxylic acid groups (broad SMARTS) is 1. The van der Waals surface area contributed by atoms with Gasteiger partial charge in [0.1, 0.15) is 0 Å². The van der Waals surface area contributed by atoms with Gasteiger partial charge in [-0.1, -0.05) is 6.07 Å². The molecule has 0 unspecified atom stereocenters. The van der Waals surface area contributed by atoms with Gasteiger partial charge in [0, 0.05) is 13.1 Å². The zero-order valence-electron chi connectivity index (χ0n) is 8.73. The van der Waals surface area contributed by atoms with Crippen LogP contribution in [0.5, 0.6) is 0 Å². The summed E-state index contributed by atoms with van der Waals surface area (Å²) in [6, 6.07) is 5.12. The lowest BCUT2D eigenvalue weighted by molar-refractivity contribution is 0.0696. The SMILES string of the molecule is N=C(N)N1CCc2ccc(C(=O)O)cc2C1. The van der Waals surface area contributed by atoms with Crippen molar-refractivity contribution in [1.82, 2.24) is 4.90 Å². The first kappa shape index (κ1) is 10.5. The number of nitrogens with one attached hydrogen (secondary N) is 1. The first-order valence-electron chi connectivity index (χ1n) is 5.02. The van der Waals surface area contributed by atoms with Gasteiger partial charge in [-0.25, -0.2) is 4.79 Å². The van der Waals surface area contributed by atoms with Crippen LogP contribution in [0.2, 0.25) is 0 Å². The Kier molecular flexibility index (Phi) is 2.52. The van der Waals surface area contributed by atoms with Gasteiger partial charge in [-0.2, -0.15) is 0 Å². The number of nitrogens with zero attached hydrogens (tertiary/aromatic N) is 1. The van der Waals surface area contributed by atoms with Crippen LogP contribution in [0.15, 0.2) is 18.2 Å². The minimum atomic E-state index is -0.928. The summed E-state index contributed by atoms with van der Waals surface area (Å²) in [6.07, 6.45) is 0.800. The number of fused-ring (bicyclic) bond motifs is 1. The third-order valence-electron chi connectivity index (χ3n) is 2.81. The van der Waals surface area contributed by atoms with Crippen LogP contribution in [0.4, 0.5) is 0 Å². The van der Waals surface area contributed by atoms with Crippen molar-refractivity contribution in [3.8, 4) is 0 Å². The molecular weight excluding hydrogens is 206 g/mol. The molecule has 0 aliphatic carbocycles. The van der Waals surface area contributed by atoms with Crippen LogP contribution in [-0.4, -0.2) is 28.5 Å². The van der Waals surface area contributed by atoms with E-state index in [0.29, 0.717) is 6.54 Å². The molecule has 1 aromatic rings. The molecule has 5 heteroatoms. The van der Waals surface area contributed by atoms with Gasteiger partial charge in [-0.05, 0) is 29.7 Å². The highest BCUT2D eigenvalue weighted by atomic mass is 16.4. The van der Waals surface area contributed by atoms with E-state index in [1.165, 1.54) is 0 Å². The zero-order valence-corrected chi connectivity index (χ0v) is 8.73. The van der Waals surface area contributed by atoms with E-state index in [1.807, 2.05) is 6.07 Å². The van der Waals surface area contributed by atoms with Crippen LogP contribution in [0.3, 0.4) is 0 Å². The highest BCUT2D eigenvalue weighted by molar-refractivity contribution is 5.88. The van der Waals surface area contributed by atoms with Crippen molar-refractivity contribution in [3.05, 3.63) is 34.9 Å². The first-order chi connectivity index (χ1) is 7.58.